The molecule has 1 saturated carbocycles. The summed E-state index contributed by atoms with van der Waals surface area (Å²) < 4.78 is 29.5. The van der Waals surface area contributed by atoms with Crippen LogP contribution in [0, 0.1) is 5.92 Å². The SMILES string of the molecule is CC(NC1CCC(CO)CC1)c1ccccc1OC(F)F. The van der Waals surface area contributed by atoms with Crippen molar-refractivity contribution in [1.82, 2.24) is 5.32 Å². The Kier molecular flexibility index (Phi) is 5.94. The molecule has 5 heteroatoms. The van der Waals surface area contributed by atoms with Gasteiger partial charge in [-0.3, -0.25) is 0 Å². The van der Waals surface area contributed by atoms with Gasteiger partial charge in [0.1, 0.15) is 5.75 Å². The Bertz CT molecular complexity index is 434. The van der Waals surface area contributed by atoms with E-state index >= 15 is 0 Å². The van der Waals surface area contributed by atoms with Crippen LogP contribution in [0.2, 0.25) is 0 Å². The minimum Gasteiger partial charge on any atom is -0.434 e. The van der Waals surface area contributed by atoms with Gasteiger partial charge in [-0.2, -0.15) is 8.78 Å². The molecule has 118 valence electrons. The molecule has 1 unspecified atom stereocenters. The molecule has 1 aromatic rings. The molecule has 0 saturated heterocycles. The fourth-order valence-corrected chi connectivity index (χ4v) is 3.00. The minimum atomic E-state index is -2.81. The van der Waals surface area contributed by atoms with Gasteiger partial charge in [0.25, 0.3) is 0 Å². The number of aliphatic hydroxyl groups excluding tert-OH is 1. The molecule has 21 heavy (non-hydrogen) atoms. The highest BCUT2D eigenvalue weighted by molar-refractivity contribution is 5.35. The number of rotatable bonds is 6. The largest absolute Gasteiger partial charge is 0.434 e. The molecule has 1 aliphatic carbocycles. The lowest BCUT2D eigenvalue weighted by atomic mass is 9.86. The highest BCUT2D eigenvalue weighted by Crippen LogP contribution is 2.29. The lowest BCUT2D eigenvalue weighted by Crippen LogP contribution is -2.35. The third-order valence-electron chi connectivity index (χ3n) is 4.19. The Morgan fingerprint density at radius 3 is 2.52 bits per heavy atom. The van der Waals surface area contributed by atoms with E-state index < -0.39 is 6.61 Å². The second kappa shape index (κ2) is 7.71. The van der Waals surface area contributed by atoms with Crippen molar-refractivity contribution >= 4 is 0 Å². The first-order valence-corrected chi connectivity index (χ1v) is 7.50. The number of hydrogen-bond donors (Lipinski definition) is 2. The number of halogens is 2. The van der Waals surface area contributed by atoms with E-state index in [2.05, 4.69) is 10.1 Å². The zero-order valence-electron chi connectivity index (χ0n) is 12.3. The molecule has 0 radical (unpaired) electrons. The van der Waals surface area contributed by atoms with Crippen molar-refractivity contribution in [2.75, 3.05) is 6.61 Å². The normalized spacial score (nSPS) is 24.0. The molecule has 1 aliphatic rings. The predicted molar refractivity (Wildman–Crippen MR) is 77.5 cm³/mol. The van der Waals surface area contributed by atoms with E-state index in [4.69, 9.17) is 5.11 Å². The third kappa shape index (κ3) is 4.64. The van der Waals surface area contributed by atoms with Crippen LogP contribution in [-0.2, 0) is 0 Å². The van der Waals surface area contributed by atoms with Gasteiger partial charge < -0.3 is 15.2 Å². The molecule has 1 atom stereocenters. The number of ether oxygens (including phenoxy) is 1. The minimum absolute atomic E-state index is 0.0457. The van der Waals surface area contributed by atoms with Gasteiger partial charge in [-0.1, -0.05) is 18.2 Å². The molecule has 2 rings (SSSR count). The van der Waals surface area contributed by atoms with Crippen LogP contribution in [-0.4, -0.2) is 24.4 Å². The van der Waals surface area contributed by atoms with Crippen LogP contribution in [0.1, 0.15) is 44.2 Å². The summed E-state index contributed by atoms with van der Waals surface area (Å²) in [5.41, 5.74) is 0.752. The van der Waals surface area contributed by atoms with Gasteiger partial charge in [-0.05, 0) is 44.6 Å². The summed E-state index contributed by atoms with van der Waals surface area (Å²) in [6.07, 6.45) is 4.03. The predicted octanol–water partition coefficient (Wildman–Crippen LogP) is 3.49. The molecular formula is C16H23F2NO2. The van der Waals surface area contributed by atoms with Gasteiger partial charge >= 0.3 is 6.61 Å². The Hall–Kier alpha value is -1.20. The quantitative estimate of drug-likeness (QED) is 0.845. The maximum absolute atomic E-state index is 12.4. The summed E-state index contributed by atoms with van der Waals surface area (Å²) >= 11 is 0. The maximum atomic E-state index is 12.4. The highest BCUT2D eigenvalue weighted by Gasteiger charge is 2.23. The Labute approximate surface area is 124 Å². The van der Waals surface area contributed by atoms with Crippen molar-refractivity contribution in [3.05, 3.63) is 29.8 Å². The molecular weight excluding hydrogens is 276 g/mol. The smallest absolute Gasteiger partial charge is 0.387 e. The van der Waals surface area contributed by atoms with E-state index in [0.29, 0.717) is 12.0 Å². The van der Waals surface area contributed by atoms with Crippen LogP contribution in [0.4, 0.5) is 8.78 Å². The van der Waals surface area contributed by atoms with E-state index in [-0.39, 0.29) is 18.4 Å². The number of hydrogen-bond acceptors (Lipinski definition) is 3. The number of nitrogens with one attached hydrogen (secondary N) is 1. The summed E-state index contributed by atoms with van der Waals surface area (Å²) in [6.45, 7) is -0.586. The summed E-state index contributed by atoms with van der Waals surface area (Å²) in [7, 11) is 0. The Balaban J connectivity index is 1.95. The van der Waals surface area contributed by atoms with Crippen LogP contribution in [0.25, 0.3) is 0 Å². The van der Waals surface area contributed by atoms with Gasteiger partial charge in [0, 0.05) is 24.3 Å². The number of alkyl halides is 2. The average Bonchev–Trinajstić information content (AvgIpc) is 2.48. The maximum Gasteiger partial charge on any atom is 0.387 e. The molecule has 0 bridgehead atoms. The zero-order valence-corrected chi connectivity index (χ0v) is 12.3. The van der Waals surface area contributed by atoms with E-state index in [1.807, 2.05) is 19.1 Å². The lowest BCUT2D eigenvalue weighted by Gasteiger charge is -2.31. The van der Waals surface area contributed by atoms with Gasteiger partial charge in [-0.25, -0.2) is 0 Å². The summed E-state index contributed by atoms with van der Waals surface area (Å²) in [6, 6.07) is 7.23. The van der Waals surface area contributed by atoms with Gasteiger partial charge in [0.05, 0.1) is 0 Å². The first-order valence-electron chi connectivity index (χ1n) is 7.50. The Morgan fingerprint density at radius 1 is 1.24 bits per heavy atom. The number of para-hydroxylation sites is 1. The molecule has 2 N–H and O–H groups in total. The molecule has 1 aromatic carbocycles. The molecule has 0 heterocycles. The molecule has 3 nitrogen and oxygen atoms in total. The Morgan fingerprint density at radius 2 is 1.90 bits per heavy atom. The third-order valence-corrected chi connectivity index (χ3v) is 4.19. The van der Waals surface area contributed by atoms with Crippen molar-refractivity contribution in [2.24, 2.45) is 5.92 Å². The summed E-state index contributed by atoms with van der Waals surface area (Å²) in [5, 5.41) is 12.6. The van der Waals surface area contributed by atoms with Gasteiger partial charge in [0.2, 0.25) is 0 Å². The van der Waals surface area contributed by atoms with Crippen LogP contribution >= 0.6 is 0 Å². The fourth-order valence-electron chi connectivity index (χ4n) is 3.00. The van der Waals surface area contributed by atoms with Crippen LogP contribution in [0.5, 0.6) is 5.75 Å². The van der Waals surface area contributed by atoms with Crippen molar-refractivity contribution in [3.8, 4) is 5.75 Å². The zero-order chi connectivity index (χ0) is 15.2. The molecule has 0 aromatic heterocycles. The van der Waals surface area contributed by atoms with Gasteiger partial charge in [-0.15, -0.1) is 0 Å². The molecule has 0 aliphatic heterocycles. The van der Waals surface area contributed by atoms with Crippen molar-refractivity contribution in [3.63, 3.8) is 0 Å². The lowest BCUT2D eigenvalue weighted by molar-refractivity contribution is -0.0507. The van der Waals surface area contributed by atoms with Gasteiger partial charge in [0.15, 0.2) is 0 Å². The highest BCUT2D eigenvalue weighted by atomic mass is 19.3. The fraction of sp³-hybridized carbons (Fsp3) is 0.625. The molecule has 0 amide bonds. The van der Waals surface area contributed by atoms with Crippen LogP contribution in [0.15, 0.2) is 24.3 Å². The second-order valence-corrected chi connectivity index (χ2v) is 5.70. The topological polar surface area (TPSA) is 41.5 Å². The van der Waals surface area contributed by atoms with Crippen molar-refractivity contribution in [1.29, 1.82) is 0 Å². The van der Waals surface area contributed by atoms with Crippen LogP contribution in [0.3, 0.4) is 0 Å². The van der Waals surface area contributed by atoms with E-state index in [9.17, 15) is 8.78 Å². The first kappa shape index (κ1) is 16.2. The van der Waals surface area contributed by atoms with Crippen molar-refractivity contribution < 1.29 is 18.6 Å². The van der Waals surface area contributed by atoms with Crippen LogP contribution < -0.4 is 10.1 Å². The molecule has 0 spiro atoms. The number of aliphatic hydroxyl groups is 1. The number of benzene rings is 1. The van der Waals surface area contributed by atoms with E-state index in [1.54, 1.807) is 12.1 Å². The first-order chi connectivity index (χ1) is 10.1. The average molecular weight is 299 g/mol. The summed E-state index contributed by atoms with van der Waals surface area (Å²) in [5.74, 6) is 0.643. The van der Waals surface area contributed by atoms with E-state index in [1.165, 1.54) is 0 Å². The summed E-state index contributed by atoms with van der Waals surface area (Å²) in [4.78, 5) is 0. The van der Waals surface area contributed by atoms with E-state index in [0.717, 1.165) is 31.2 Å². The standard InChI is InChI=1S/C16H23F2NO2/c1-11(19-13-8-6-12(10-20)7-9-13)14-4-2-3-5-15(14)21-16(17)18/h2-5,11-13,16,19-20H,6-10H2,1H3. The molecule has 1 fully saturated rings. The van der Waals surface area contributed by atoms with Crippen molar-refractivity contribution in [2.45, 2.75) is 51.3 Å². The second-order valence-electron chi connectivity index (χ2n) is 5.70. The monoisotopic (exact) mass is 299 g/mol.